The van der Waals surface area contributed by atoms with Gasteiger partial charge in [0.1, 0.15) is 10.6 Å². The van der Waals surface area contributed by atoms with Crippen LogP contribution in [0.5, 0.6) is 11.5 Å². The van der Waals surface area contributed by atoms with Gasteiger partial charge in [0.25, 0.3) is 5.91 Å². The van der Waals surface area contributed by atoms with Crippen molar-refractivity contribution in [1.82, 2.24) is 9.21 Å². The number of amides is 1. The smallest absolute Gasteiger partial charge is 0.259 e. The summed E-state index contributed by atoms with van der Waals surface area (Å²) in [5.74, 6) is 0.533. The lowest BCUT2D eigenvalue weighted by Crippen LogP contribution is -2.46. The second-order valence-electron chi connectivity index (χ2n) is 10.2. The minimum atomic E-state index is -3.78. The van der Waals surface area contributed by atoms with Crippen LogP contribution in [0.4, 0.5) is 11.4 Å². The molecule has 2 saturated heterocycles. The first-order valence-corrected chi connectivity index (χ1v) is 14.6. The molecule has 0 unspecified atom stereocenters. The fourth-order valence-corrected chi connectivity index (χ4v) is 7.20. The molecular weight excluding hydrogens is 500 g/mol. The van der Waals surface area contributed by atoms with Crippen molar-refractivity contribution in [3.63, 3.8) is 0 Å². The number of rotatable bonds is 5. The average molecular weight is 533 g/mol. The van der Waals surface area contributed by atoms with Crippen molar-refractivity contribution in [3.8, 4) is 11.5 Å². The molecule has 8 nitrogen and oxygen atoms in total. The third kappa shape index (κ3) is 4.77. The second kappa shape index (κ2) is 10.1. The summed E-state index contributed by atoms with van der Waals surface area (Å²) >= 11 is 0. The van der Waals surface area contributed by atoms with Gasteiger partial charge in [-0.3, -0.25) is 9.69 Å². The van der Waals surface area contributed by atoms with E-state index in [1.807, 2.05) is 43.3 Å². The van der Waals surface area contributed by atoms with Crippen molar-refractivity contribution in [2.45, 2.75) is 31.2 Å². The van der Waals surface area contributed by atoms with Crippen LogP contribution in [0.25, 0.3) is 0 Å². The van der Waals surface area contributed by atoms with E-state index in [4.69, 9.17) is 4.74 Å². The largest absolute Gasteiger partial charge is 0.454 e. The van der Waals surface area contributed by atoms with Gasteiger partial charge in [0, 0.05) is 51.9 Å². The lowest BCUT2D eigenvalue weighted by Gasteiger charge is -2.37. The Morgan fingerprint density at radius 2 is 1.61 bits per heavy atom. The van der Waals surface area contributed by atoms with E-state index in [1.54, 1.807) is 6.07 Å². The van der Waals surface area contributed by atoms with Gasteiger partial charge in [0.15, 0.2) is 5.75 Å². The van der Waals surface area contributed by atoms with Crippen LogP contribution in [0, 0.1) is 6.92 Å². The number of ether oxygens (including phenoxy) is 1. The molecule has 38 heavy (non-hydrogen) atoms. The SMILES string of the molecule is Cc1ccc2c(c1)NC(=O)c1cc(S(=O)(=O)N3CCCC3)c(N3CCN(Cc4ccccc4)CC3)cc1O2. The van der Waals surface area contributed by atoms with E-state index in [0.29, 0.717) is 49.1 Å². The van der Waals surface area contributed by atoms with Crippen molar-refractivity contribution < 1.29 is 17.9 Å². The molecule has 0 aliphatic carbocycles. The van der Waals surface area contributed by atoms with Crippen molar-refractivity contribution in [1.29, 1.82) is 0 Å². The van der Waals surface area contributed by atoms with Gasteiger partial charge in [-0.1, -0.05) is 36.4 Å². The van der Waals surface area contributed by atoms with Crippen LogP contribution in [0.3, 0.4) is 0 Å². The summed E-state index contributed by atoms with van der Waals surface area (Å²) < 4.78 is 35.5. The molecule has 0 aromatic heterocycles. The fraction of sp³-hybridized carbons (Fsp3) is 0.345. The summed E-state index contributed by atoms with van der Waals surface area (Å²) in [4.78, 5) is 17.9. The topological polar surface area (TPSA) is 82.2 Å². The van der Waals surface area contributed by atoms with Gasteiger partial charge in [-0.2, -0.15) is 4.31 Å². The van der Waals surface area contributed by atoms with Crippen molar-refractivity contribution in [2.75, 3.05) is 49.5 Å². The van der Waals surface area contributed by atoms with Crippen LogP contribution >= 0.6 is 0 Å². The summed E-state index contributed by atoms with van der Waals surface area (Å²) in [6, 6.07) is 19.2. The summed E-state index contributed by atoms with van der Waals surface area (Å²) in [7, 11) is -3.78. The maximum Gasteiger partial charge on any atom is 0.259 e. The predicted octanol–water partition coefficient (Wildman–Crippen LogP) is 4.46. The molecule has 3 heterocycles. The Labute approximate surface area is 223 Å². The number of nitrogens with one attached hydrogen (secondary N) is 1. The highest BCUT2D eigenvalue weighted by Gasteiger charge is 2.35. The Hall–Kier alpha value is -3.40. The van der Waals surface area contributed by atoms with E-state index >= 15 is 0 Å². The molecule has 9 heteroatoms. The van der Waals surface area contributed by atoms with Crippen molar-refractivity contribution in [3.05, 3.63) is 77.4 Å². The number of sulfonamides is 1. The number of piperazine rings is 1. The lowest BCUT2D eigenvalue weighted by molar-refractivity contribution is 0.102. The number of aryl methyl sites for hydroxylation is 1. The second-order valence-corrected chi connectivity index (χ2v) is 12.1. The minimum absolute atomic E-state index is 0.176. The average Bonchev–Trinajstić information content (AvgIpc) is 3.43. The predicted molar refractivity (Wildman–Crippen MR) is 148 cm³/mol. The number of fused-ring (bicyclic) bond motifs is 2. The fourth-order valence-electron chi connectivity index (χ4n) is 5.46. The van der Waals surface area contributed by atoms with Crippen LogP contribution in [0.2, 0.25) is 0 Å². The molecule has 3 aliphatic heterocycles. The van der Waals surface area contributed by atoms with Crippen LogP contribution in [-0.2, 0) is 16.6 Å². The molecule has 1 amide bonds. The van der Waals surface area contributed by atoms with Gasteiger partial charge in [-0.15, -0.1) is 0 Å². The monoisotopic (exact) mass is 532 g/mol. The highest BCUT2D eigenvalue weighted by Crippen LogP contribution is 2.42. The van der Waals surface area contributed by atoms with E-state index < -0.39 is 10.0 Å². The first-order valence-electron chi connectivity index (χ1n) is 13.2. The zero-order chi connectivity index (χ0) is 26.3. The Morgan fingerprint density at radius 1 is 0.868 bits per heavy atom. The minimum Gasteiger partial charge on any atom is -0.454 e. The van der Waals surface area contributed by atoms with Gasteiger partial charge in [0.05, 0.1) is 16.9 Å². The maximum absolute atomic E-state index is 13.9. The number of benzene rings is 3. The van der Waals surface area contributed by atoms with Crippen LogP contribution in [0.15, 0.2) is 65.6 Å². The third-order valence-corrected chi connectivity index (χ3v) is 9.48. The van der Waals surface area contributed by atoms with Crippen LogP contribution in [0.1, 0.15) is 34.3 Å². The number of carbonyl (C=O) groups excluding carboxylic acids is 1. The van der Waals surface area contributed by atoms with Gasteiger partial charge < -0.3 is 15.0 Å². The van der Waals surface area contributed by atoms with Gasteiger partial charge >= 0.3 is 0 Å². The normalized spacial score (nSPS) is 18.3. The molecule has 6 rings (SSSR count). The lowest BCUT2D eigenvalue weighted by atomic mass is 10.1. The maximum atomic E-state index is 13.9. The zero-order valence-electron chi connectivity index (χ0n) is 21.5. The molecule has 1 N–H and O–H groups in total. The first kappa shape index (κ1) is 24.9. The van der Waals surface area contributed by atoms with E-state index in [1.165, 1.54) is 15.9 Å². The van der Waals surface area contributed by atoms with Crippen LogP contribution in [-0.4, -0.2) is 62.8 Å². The molecule has 198 valence electrons. The molecule has 3 aliphatic rings. The Morgan fingerprint density at radius 3 is 2.34 bits per heavy atom. The van der Waals surface area contributed by atoms with Crippen molar-refractivity contribution >= 4 is 27.3 Å². The number of anilines is 2. The summed E-state index contributed by atoms with van der Waals surface area (Å²) in [6.45, 7) is 6.76. The first-order chi connectivity index (χ1) is 18.4. The van der Waals surface area contributed by atoms with E-state index in [9.17, 15) is 13.2 Å². The van der Waals surface area contributed by atoms with Gasteiger partial charge in [-0.05, 0) is 49.1 Å². The molecule has 2 fully saturated rings. The van der Waals surface area contributed by atoms with Gasteiger partial charge in [0.2, 0.25) is 10.0 Å². The number of nitrogens with zero attached hydrogens (tertiary/aromatic N) is 3. The van der Waals surface area contributed by atoms with E-state index in [-0.39, 0.29) is 16.4 Å². The summed E-state index contributed by atoms with van der Waals surface area (Å²) in [6.07, 6.45) is 1.69. The molecule has 0 saturated carbocycles. The molecule has 0 atom stereocenters. The van der Waals surface area contributed by atoms with E-state index in [2.05, 4.69) is 27.2 Å². The van der Waals surface area contributed by atoms with Gasteiger partial charge in [-0.25, -0.2) is 8.42 Å². The molecule has 0 bridgehead atoms. The number of hydrogen-bond acceptors (Lipinski definition) is 6. The molecule has 3 aromatic rings. The number of hydrogen-bond donors (Lipinski definition) is 1. The quantitative estimate of drug-likeness (QED) is 0.523. The van der Waals surface area contributed by atoms with Crippen molar-refractivity contribution in [2.24, 2.45) is 0 Å². The molecular formula is C29H32N4O4S. The Kier molecular flexibility index (Phi) is 6.59. The van der Waals surface area contributed by atoms with Crippen LogP contribution < -0.4 is 15.0 Å². The standard InChI is InChI=1S/C29H32N4O4S/c1-21-9-10-26-24(17-21)30-29(34)23-18-28(38(35,36)33-11-5-6-12-33)25(19-27(23)37-26)32-15-13-31(14-16-32)20-22-7-3-2-4-8-22/h2-4,7-10,17-19H,5-6,11-16,20H2,1H3,(H,30,34). The molecule has 0 spiro atoms. The third-order valence-electron chi connectivity index (χ3n) is 7.55. The zero-order valence-corrected chi connectivity index (χ0v) is 22.3. The highest BCUT2D eigenvalue weighted by molar-refractivity contribution is 7.89. The summed E-state index contributed by atoms with van der Waals surface area (Å²) in [5, 5.41) is 2.90. The summed E-state index contributed by atoms with van der Waals surface area (Å²) in [5.41, 5.74) is 3.65. The Bertz CT molecular complexity index is 1460. The molecule has 3 aromatic carbocycles. The Balaban J connectivity index is 1.36. The molecule has 0 radical (unpaired) electrons. The van der Waals surface area contributed by atoms with E-state index in [0.717, 1.165) is 38.0 Å². The highest BCUT2D eigenvalue weighted by atomic mass is 32.2. The number of carbonyl (C=O) groups is 1.